The maximum absolute atomic E-state index is 4.61. The summed E-state index contributed by atoms with van der Waals surface area (Å²) in [6.45, 7) is 3.11. The van der Waals surface area contributed by atoms with Gasteiger partial charge in [-0.25, -0.2) is 9.97 Å². The van der Waals surface area contributed by atoms with Crippen molar-refractivity contribution in [1.82, 2.24) is 9.97 Å². The molecular weight excluding hydrogens is 262 g/mol. The van der Waals surface area contributed by atoms with Crippen LogP contribution in [-0.2, 0) is 0 Å². The van der Waals surface area contributed by atoms with Gasteiger partial charge in [-0.2, -0.15) is 0 Å². The van der Waals surface area contributed by atoms with Gasteiger partial charge in [0.1, 0.15) is 10.7 Å². The first-order valence-corrected chi connectivity index (χ1v) is 7.62. The van der Waals surface area contributed by atoms with Crippen molar-refractivity contribution in [2.24, 2.45) is 0 Å². The Morgan fingerprint density at radius 3 is 2.94 bits per heavy atom. The number of anilines is 1. The van der Waals surface area contributed by atoms with Gasteiger partial charge in [-0.3, -0.25) is 0 Å². The van der Waals surface area contributed by atoms with Gasteiger partial charge in [-0.15, -0.1) is 22.7 Å². The van der Waals surface area contributed by atoms with Crippen LogP contribution in [0.4, 0.5) is 5.13 Å². The Morgan fingerprint density at radius 2 is 2.11 bits per heavy atom. The molecule has 1 N–H and O–H groups in total. The van der Waals surface area contributed by atoms with Crippen LogP contribution in [0.5, 0.6) is 0 Å². The largest absolute Gasteiger partial charge is 0.362 e. The summed E-state index contributed by atoms with van der Waals surface area (Å²) in [6.07, 6.45) is 1.11. The second kappa shape index (κ2) is 5.04. The molecule has 92 valence electrons. The predicted molar refractivity (Wildman–Crippen MR) is 79.5 cm³/mol. The number of nitrogens with one attached hydrogen (secondary N) is 1. The van der Waals surface area contributed by atoms with Crippen LogP contribution in [0.1, 0.15) is 13.3 Å². The number of para-hydroxylation sites is 1. The fraction of sp³-hybridized carbons (Fsp3) is 0.231. The lowest BCUT2D eigenvalue weighted by atomic mass is 10.3. The van der Waals surface area contributed by atoms with E-state index < -0.39 is 0 Å². The Balaban J connectivity index is 1.91. The summed E-state index contributed by atoms with van der Waals surface area (Å²) in [4.78, 5) is 9.18. The molecule has 18 heavy (non-hydrogen) atoms. The van der Waals surface area contributed by atoms with Crippen molar-refractivity contribution in [3.63, 3.8) is 0 Å². The average Bonchev–Trinajstić information content (AvgIpc) is 3.02. The quantitative estimate of drug-likeness (QED) is 0.774. The molecular formula is C13H13N3S2. The maximum Gasteiger partial charge on any atom is 0.183 e. The van der Waals surface area contributed by atoms with E-state index in [1.54, 1.807) is 22.7 Å². The molecule has 0 radical (unpaired) electrons. The number of hydrogen-bond acceptors (Lipinski definition) is 5. The molecule has 0 aliphatic rings. The molecule has 2 heterocycles. The number of fused-ring (bicyclic) bond motifs is 1. The van der Waals surface area contributed by atoms with Crippen molar-refractivity contribution in [2.75, 3.05) is 11.9 Å². The molecule has 0 spiro atoms. The normalized spacial score (nSPS) is 10.9. The van der Waals surface area contributed by atoms with E-state index in [0.717, 1.165) is 34.3 Å². The summed E-state index contributed by atoms with van der Waals surface area (Å²) in [7, 11) is 0. The van der Waals surface area contributed by atoms with Gasteiger partial charge in [0.2, 0.25) is 0 Å². The second-order valence-electron chi connectivity index (χ2n) is 3.95. The third-order valence-electron chi connectivity index (χ3n) is 2.54. The lowest BCUT2D eigenvalue weighted by molar-refractivity contribution is 0.976. The standard InChI is InChI=1S/C13H13N3S2/c1-2-7-14-13-16-10(8-17-13)12-15-9-5-3-4-6-11(9)18-12/h3-6,8H,2,7H2,1H3,(H,14,16). The first-order valence-electron chi connectivity index (χ1n) is 5.92. The van der Waals surface area contributed by atoms with Gasteiger partial charge in [0.25, 0.3) is 0 Å². The fourth-order valence-electron chi connectivity index (χ4n) is 1.67. The molecule has 0 aliphatic heterocycles. The van der Waals surface area contributed by atoms with E-state index in [4.69, 9.17) is 0 Å². The minimum Gasteiger partial charge on any atom is -0.362 e. The summed E-state index contributed by atoms with van der Waals surface area (Å²) in [5, 5.41) is 7.34. The van der Waals surface area contributed by atoms with E-state index in [9.17, 15) is 0 Å². The average molecular weight is 275 g/mol. The molecule has 2 aromatic heterocycles. The van der Waals surface area contributed by atoms with Crippen LogP contribution in [-0.4, -0.2) is 16.5 Å². The molecule has 0 unspecified atom stereocenters. The van der Waals surface area contributed by atoms with E-state index in [2.05, 4.69) is 33.7 Å². The second-order valence-corrected chi connectivity index (χ2v) is 5.84. The molecule has 0 atom stereocenters. The SMILES string of the molecule is CCCNc1nc(-c2nc3ccccc3s2)cs1. The topological polar surface area (TPSA) is 37.8 Å². The Hall–Kier alpha value is -1.46. The highest BCUT2D eigenvalue weighted by molar-refractivity contribution is 7.22. The van der Waals surface area contributed by atoms with Gasteiger partial charge in [0, 0.05) is 11.9 Å². The van der Waals surface area contributed by atoms with Crippen LogP contribution >= 0.6 is 22.7 Å². The Morgan fingerprint density at radius 1 is 1.22 bits per heavy atom. The zero-order valence-corrected chi connectivity index (χ0v) is 11.6. The van der Waals surface area contributed by atoms with Crippen molar-refractivity contribution < 1.29 is 0 Å². The van der Waals surface area contributed by atoms with Crippen LogP contribution in [0.25, 0.3) is 20.9 Å². The summed E-state index contributed by atoms with van der Waals surface area (Å²) in [5.41, 5.74) is 2.02. The first kappa shape index (κ1) is 11.6. The number of benzene rings is 1. The van der Waals surface area contributed by atoms with Gasteiger partial charge in [0.05, 0.1) is 10.2 Å². The molecule has 0 saturated carbocycles. The lowest BCUT2D eigenvalue weighted by Crippen LogP contribution is -1.98. The number of thiazole rings is 2. The van der Waals surface area contributed by atoms with E-state index in [1.165, 1.54) is 4.70 Å². The van der Waals surface area contributed by atoms with Crippen molar-refractivity contribution in [1.29, 1.82) is 0 Å². The minimum absolute atomic E-state index is 0.965. The molecule has 3 nitrogen and oxygen atoms in total. The smallest absolute Gasteiger partial charge is 0.183 e. The van der Waals surface area contributed by atoms with Gasteiger partial charge in [-0.05, 0) is 18.6 Å². The van der Waals surface area contributed by atoms with Crippen LogP contribution in [0.15, 0.2) is 29.6 Å². The van der Waals surface area contributed by atoms with Crippen molar-refractivity contribution in [2.45, 2.75) is 13.3 Å². The number of aromatic nitrogens is 2. The van der Waals surface area contributed by atoms with E-state index in [0.29, 0.717) is 0 Å². The Kier molecular flexibility index (Phi) is 3.25. The first-order chi connectivity index (χ1) is 8.86. The van der Waals surface area contributed by atoms with Gasteiger partial charge < -0.3 is 5.32 Å². The highest BCUT2D eigenvalue weighted by Crippen LogP contribution is 2.31. The number of nitrogens with zero attached hydrogens (tertiary/aromatic N) is 2. The minimum atomic E-state index is 0.965. The monoisotopic (exact) mass is 275 g/mol. The molecule has 3 rings (SSSR count). The summed E-state index contributed by atoms with van der Waals surface area (Å²) >= 11 is 3.33. The van der Waals surface area contributed by atoms with Gasteiger partial charge in [0.15, 0.2) is 5.13 Å². The molecule has 0 fully saturated rings. The van der Waals surface area contributed by atoms with Crippen molar-refractivity contribution in [3.8, 4) is 10.7 Å². The Labute approximate surface area is 114 Å². The number of rotatable bonds is 4. The van der Waals surface area contributed by atoms with E-state index in [-0.39, 0.29) is 0 Å². The number of hydrogen-bond donors (Lipinski definition) is 1. The third-order valence-corrected chi connectivity index (χ3v) is 4.40. The zero-order valence-electron chi connectivity index (χ0n) is 10.0. The summed E-state index contributed by atoms with van der Waals surface area (Å²) < 4.78 is 1.21. The predicted octanol–water partition coefficient (Wildman–Crippen LogP) is 4.24. The molecule has 0 amide bonds. The third kappa shape index (κ3) is 2.23. The van der Waals surface area contributed by atoms with Crippen LogP contribution in [0.2, 0.25) is 0 Å². The molecule has 3 aromatic rings. The van der Waals surface area contributed by atoms with Crippen LogP contribution < -0.4 is 5.32 Å². The maximum atomic E-state index is 4.61. The molecule has 0 aliphatic carbocycles. The van der Waals surface area contributed by atoms with E-state index >= 15 is 0 Å². The molecule has 1 aromatic carbocycles. The van der Waals surface area contributed by atoms with Crippen LogP contribution in [0, 0.1) is 0 Å². The highest BCUT2D eigenvalue weighted by Gasteiger charge is 2.09. The van der Waals surface area contributed by atoms with E-state index in [1.807, 2.05) is 18.2 Å². The molecule has 5 heteroatoms. The summed E-state index contributed by atoms with van der Waals surface area (Å²) in [6, 6.07) is 8.19. The van der Waals surface area contributed by atoms with Crippen molar-refractivity contribution >= 4 is 38.0 Å². The molecule has 0 saturated heterocycles. The summed E-state index contributed by atoms with van der Waals surface area (Å²) in [5.74, 6) is 0. The van der Waals surface area contributed by atoms with Gasteiger partial charge >= 0.3 is 0 Å². The zero-order chi connectivity index (χ0) is 12.4. The molecule has 0 bridgehead atoms. The highest BCUT2D eigenvalue weighted by atomic mass is 32.1. The Bertz CT molecular complexity index is 624. The van der Waals surface area contributed by atoms with Crippen molar-refractivity contribution in [3.05, 3.63) is 29.6 Å². The lowest BCUT2D eigenvalue weighted by Gasteiger charge is -1.96. The van der Waals surface area contributed by atoms with Crippen LogP contribution in [0.3, 0.4) is 0 Å². The fourth-order valence-corrected chi connectivity index (χ4v) is 3.39. The van der Waals surface area contributed by atoms with Gasteiger partial charge in [-0.1, -0.05) is 19.1 Å².